The third kappa shape index (κ3) is 1.65. The Morgan fingerprint density at radius 3 is 2.65 bits per heavy atom. The number of hydrogen-bond acceptors (Lipinski definition) is 3. The molecule has 2 saturated heterocycles. The SMILES string of the molecule is O=C1[C@H]2CCO[C@H]2C(=O)N1Cc1ccccc1. The summed E-state index contributed by atoms with van der Waals surface area (Å²) < 4.78 is 5.32. The first-order valence-corrected chi connectivity index (χ1v) is 5.78. The number of rotatable bonds is 2. The van der Waals surface area contributed by atoms with Crippen molar-refractivity contribution in [2.24, 2.45) is 5.92 Å². The highest BCUT2D eigenvalue weighted by Crippen LogP contribution is 2.31. The average molecular weight is 231 g/mol. The number of ether oxygens (including phenoxy) is 1. The smallest absolute Gasteiger partial charge is 0.259 e. The Bertz CT molecular complexity index is 435. The van der Waals surface area contributed by atoms with Gasteiger partial charge in [-0.3, -0.25) is 14.5 Å². The number of carbonyl (C=O) groups is 2. The first kappa shape index (κ1) is 10.5. The van der Waals surface area contributed by atoms with Crippen molar-refractivity contribution in [3.8, 4) is 0 Å². The number of carbonyl (C=O) groups excluding carboxylic acids is 2. The number of benzene rings is 1. The Kier molecular flexibility index (Phi) is 2.44. The van der Waals surface area contributed by atoms with E-state index in [-0.39, 0.29) is 17.7 Å². The van der Waals surface area contributed by atoms with E-state index >= 15 is 0 Å². The van der Waals surface area contributed by atoms with Crippen molar-refractivity contribution in [2.45, 2.75) is 19.1 Å². The molecule has 0 spiro atoms. The molecule has 17 heavy (non-hydrogen) atoms. The lowest BCUT2D eigenvalue weighted by atomic mass is 10.1. The summed E-state index contributed by atoms with van der Waals surface area (Å²) in [5.41, 5.74) is 0.967. The van der Waals surface area contributed by atoms with Crippen LogP contribution in [0.5, 0.6) is 0 Å². The van der Waals surface area contributed by atoms with Crippen LogP contribution in [-0.2, 0) is 20.9 Å². The molecule has 2 amide bonds. The van der Waals surface area contributed by atoms with Gasteiger partial charge in [-0.15, -0.1) is 0 Å². The molecule has 1 aromatic rings. The second kappa shape index (κ2) is 3.96. The molecule has 3 rings (SSSR count). The van der Waals surface area contributed by atoms with E-state index in [0.717, 1.165) is 5.56 Å². The van der Waals surface area contributed by atoms with Crippen LogP contribution in [0.1, 0.15) is 12.0 Å². The van der Waals surface area contributed by atoms with Gasteiger partial charge in [0.15, 0.2) is 0 Å². The Morgan fingerprint density at radius 2 is 1.94 bits per heavy atom. The Balaban J connectivity index is 1.81. The first-order valence-electron chi connectivity index (χ1n) is 5.78. The molecule has 4 heteroatoms. The largest absolute Gasteiger partial charge is 0.367 e. The number of hydrogen-bond donors (Lipinski definition) is 0. The lowest BCUT2D eigenvalue weighted by Crippen LogP contribution is -2.32. The molecule has 1 aromatic carbocycles. The average Bonchev–Trinajstić information content (AvgIpc) is 2.91. The van der Waals surface area contributed by atoms with Crippen molar-refractivity contribution in [1.82, 2.24) is 4.90 Å². The molecule has 0 aromatic heterocycles. The van der Waals surface area contributed by atoms with Gasteiger partial charge < -0.3 is 4.74 Å². The summed E-state index contributed by atoms with van der Waals surface area (Å²) in [6, 6.07) is 9.54. The molecule has 2 atom stereocenters. The number of nitrogens with zero attached hydrogens (tertiary/aromatic N) is 1. The molecule has 88 valence electrons. The summed E-state index contributed by atoms with van der Waals surface area (Å²) >= 11 is 0. The van der Waals surface area contributed by atoms with Crippen LogP contribution < -0.4 is 0 Å². The number of imide groups is 1. The highest BCUT2D eigenvalue weighted by molar-refractivity contribution is 6.06. The topological polar surface area (TPSA) is 46.6 Å². The molecule has 4 nitrogen and oxygen atoms in total. The number of fused-ring (bicyclic) bond motifs is 1. The number of likely N-dealkylation sites (tertiary alicyclic amines) is 1. The predicted octanol–water partition coefficient (Wildman–Crippen LogP) is 0.960. The van der Waals surface area contributed by atoms with Gasteiger partial charge >= 0.3 is 0 Å². The lowest BCUT2D eigenvalue weighted by Gasteiger charge is -2.15. The van der Waals surface area contributed by atoms with Crippen molar-refractivity contribution in [3.05, 3.63) is 35.9 Å². The summed E-state index contributed by atoms with van der Waals surface area (Å²) in [7, 11) is 0. The van der Waals surface area contributed by atoms with E-state index in [1.807, 2.05) is 30.3 Å². The zero-order valence-corrected chi connectivity index (χ0v) is 9.33. The maximum absolute atomic E-state index is 12.0. The van der Waals surface area contributed by atoms with Crippen molar-refractivity contribution >= 4 is 11.8 Å². The predicted molar refractivity (Wildman–Crippen MR) is 59.8 cm³/mol. The second-order valence-corrected chi connectivity index (χ2v) is 4.43. The molecule has 0 radical (unpaired) electrons. The van der Waals surface area contributed by atoms with Gasteiger partial charge in [0.2, 0.25) is 5.91 Å². The minimum atomic E-state index is -0.522. The van der Waals surface area contributed by atoms with Crippen molar-refractivity contribution in [3.63, 3.8) is 0 Å². The zero-order valence-electron chi connectivity index (χ0n) is 9.33. The van der Waals surface area contributed by atoms with Gasteiger partial charge in [-0.25, -0.2) is 0 Å². The van der Waals surface area contributed by atoms with Gasteiger partial charge in [0, 0.05) is 6.61 Å². The van der Waals surface area contributed by atoms with Gasteiger partial charge in [0.25, 0.3) is 5.91 Å². The highest BCUT2D eigenvalue weighted by Gasteiger charge is 2.50. The fraction of sp³-hybridized carbons (Fsp3) is 0.385. The van der Waals surface area contributed by atoms with E-state index in [0.29, 0.717) is 19.6 Å². The van der Waals surface area contributed by atoms with Crippen LogP contribution in [0.2, 0.25) is 0 Å². The molecule has 2 aliphatic rings. The van der Waals surface area contributed by atoms with Gasteiger partial charge in [-0.2, -0.15) is 0 Å². The van der Waals surface area contributed by atoms with Crippen LogP contribution in [0.25, 0.3) is 0 Å². The van der Waals surface area contributed by atoms with E-state index < -0.39 is 6.10 Å². The number of amides is 2. The van der Waals surface area contributed by atoms with Crippen LogP contribution in [0.3, 0.4) is 0 Å². The molecular weight excluding hydrogens is 218 g/mol. The standard InChI is InChI=1S/C13H13NO3/c15-12-10-6-7-17-11(10)13(16)14(12)8-9-4-2-1-3-5-9/h1-5,10-11H,6-8H2/t10-,11+/m0/s1. The quantitative estimate of drug-likeness (QED) is 0.712. The lowest BCUT2D eigenvalue weighted by molar-refractivity contribution is -0.143. The minimum absolute atomic E-state index is 0.0821. The van der Waals surface area contributed by atoms with E-state index in [4.69, 9.17) is 4.74 Å². The van der Waals surface area contributed by atoms with Gasteiger partial charge in [-0.05, 0) is 12.0 Å². The zero-order chi connectivity index (χ0) is 11.8. The molecule has 2 fully saturated rings. The Morgan fingerprint density at radius 1 is 1.18 bits per heavy atom. The van der Waals surface area contributed by atoms with E-state index in [2.05, 4.69) is 0 Å². The maximum atomic E-state index is 12.0. The normalized spacial score (nSPS) is 27.6. The highest BCUT2D eigenvalue weighted by atomic mass is 16.5. The molecule has 2 aliphatic heterocycles. The molecule has 0 N–H and O–H groups in total. The third-order valence-corrected chi connectivity index (χ3v) is 3.37. The summed E-state index contributed by atoms with van der Waals surface area (Å²) in [6.07, 6.45) is 0.145. The molecule has 0 aliphatic carbocycles. The Labute approximate surface area is 99.2 Å². The van der Waals surface area contributed by atoms with Gasteiger partial charge in [-0.1, -0.05) is 30.3 Å². The van der Waals surface area contributed by atoms with E-state index in [1.54, 1.807) is 0 Å². The Hall–Kier alpha value is -1.68. The molecule has 0 unspecified atom stereocenters. The van der Waals surface area contributed by atoms with Crippen molar-refractivity contribution in [1.29, 1.82) is 0 Å². The molecule has 2 heterocycles. The summed E-state index contributed by atoms with van der Waals surface area (Å²) in [6.45, 7) is 0.876. The van der Waals surface area contributed by atoms with Crippen LogP contribution in [-0.4, -0.2) is 29.4 Å². The summed E-state index contributed by atoms with van der Waals surface area (Å²) in [5, 5.41) is 0. The first-order chi connectivity index (χ1) is 8.27. The third-order valence-electron chi connectivity index (χ3n) is 3.37. The fourth-order valence-corrected chi connectivity index (χ4v) is 2.47. The maximum Gasteiger partial charge on any atom is 0.259 e. The van der Waals surface area contributed by atoms with Crippen molar-refractivity contribution < 1.29 is 14.3 Å². The molecule has 0 bridgehead atoms. The van der Waals surface area contributed by atoms with Gasteiger partial charge in [0.1, 0.15) is 6.10 Å². The molecule has 0 saturated carbocycles. The second-order valence-electron chi connectivity index (χ2n) is 4.43. The van der Waals surface area contributed by atoms with Crippen LogP contribution in [0.15, 0.2) is 30.3 Å². The van der Waals surface area contributed by atoms with Gasteiger partial charge in [0.05, 0.1) is 12.5 Å². The minimum Gasteiger partial charge on any atom is -0.367 e. The van der Waals surface area contributed by atoms with E-state index in [1.165, 1.54) is 4.90 Å². The van der Waals surface area contributed by atoms with E-state index in [9.17, 15) is 9.59 Å². The van der Waals surface area contributed by atoms with Crippen molar-refractivity contribution in [2.75, 3.05) is 6.61 Å². The fourth-order valence-electron chi connectivity index (χ4n) is 2.47. The monoisotopic (exact) mass is 231 g/mol. The van der Waals surface area contributed by atoms with Crippen LogP contribution >= 0.6 is 0 Å². The summed E-state index contributed by atoms with van der Waals surface area (Å²) in [4.78, 5) is 25.3. The van der Waals surface area contributed by atoms with Crippen LogP contribution in [0.4, 0.5) is 0 Å². The van der Waals surface area contributed by atoms with Crippen LogP contribution in [0, 0.1) is 5.92 Å². The molecular formula is C13H13NO3. The summed E-state index contributed by atoms with van der Waals surface area (Å²) in [5.74, 6) is -0.506.